The summed E-state index contributed by atoms with van der Waals surface area (Å²) in [6.45, 7) is 0.0981. The smallest absolute Gasteiger partial charge is 0.275 e. The first-order valence-electron chi connectivity index (χ1n) is 10.5. The Labute approximate surface area is 186 Å². The van der Waals surface area contributed by atoms with Crippen LogP contribution in [0.2, 0.25) is 0 Å². The van der Waals surface area contributed by atoms with Crippen molar-refractivity contribution in [2.75, 3.05) is 0 Å². The highest BCUT2D eigenvalue weighted by Gasteiger charge is 2.45. The van der Waals surface area contributed by atoms with Crippen molar-refractivity contribution in [1.29, 1.82) is 0 Å². The van der Waals surface area contributed by atoms with E-state index >= 15 is 0 Å². The largest absolute Gasteiger partial charge is 0.503 e. The average Bonchev–Trinajstić information content (AvgIpc) is 2.75. The molecule has 0 spiro atoms. The maximum atomic E-state index is 13.8. The number of rotatable bonds is 3. The molecule has 7 nitrogen and oxygen atoms in total. The third-order valence-corrected chi connectivity index (χ3v) is 7.90. The van der Waals surface area contributed by atoms with E-state index in [2.05, 4.69) is 5.32 Å². The number of fused-ring (bicyclic) bond motifs is 5. The number of aromatic hydroxyl groups is 1. The lowest BCUT2D eigenvalue weighted by Gasteiger charge is -2.50. The van der Waals surface area contributed by atoms with Crippen molar-refractivity contribution in [2.24, 2.45) is 0 Å². The van der Waals surface area contributed by atoms with Gasteiger partial charge in [0.1, 0.15) is 17.2 Å². The second-order valence-corrected chi connectivity index (χ2v) is 9.87. The Balaban J connectivity index is 1.43. The number of halogens is 2. The number of nitrogens with one attached hydrogen (secondary N) is 1. The highest BCUT2D eigenvalue weighted by atomic mass is 32.2. The van der Waals surface area contributed by atoms with Crippen LogP contribution in [-0.4, -0.2) is 43.1 Å². The van der Waals surface area contributed by atoms with E-state index in [1.165, 1.54) is 16.8 Å². The molecule has 2 N–H and O–H groups in total. The van der Waals surface area contributed by atoms with Crippen molar-refractivity contribution in [3.63, 3.8) is 0 Å². The molecule has 0 radical (unpaired) electrons. The number of nitrogens with zero attached hydrogens (tertiary/aromatic N) is 2. The van der Waals surface area contributed by atoms with Crippen LogP contribution in [0.4, 0.5) is 8.78 Å². The van der Waals surface area contributed by atoms with Gasteiger partial charge in [0.05, 0.1) is 11.9 Å². The third-order valence-electron chi connectivity index (χ3n) is 6.40. The van der Waals surface area contributed by atoms with Crippen molar-refractivity contribution in [3.05, 3.63) is 63.1 Å². The van der Waals surface area contributed by atoms with Gasteiger partial charge in [0.15, 0.2) is 11.4 Å². The summed E-state index contributed by atoms with van der Waals surface area (Å²) >= 11 is 1.72. The summed E-state index contributed by atoms with van der Waals surface area (Å²) < 4.78 is 28.4. The molecule has 3 aliphatic rings. The van der Waals surface area contributed by atoms with Gasteiger partial charge in [0, 0.05) is 35.7 Å². The normalized spacial score (nSPS) is 24.0. The van der Waals surface area contributed by atoms with E-state index in [0.717, 1.165) is 31.7 Å². The predicted octanol–water partition coefficient (Wildman–Crippen LogP) is 2.60. The van der Waals surface area contributed by atoms with Crippen molar-refractivity contribution in [2.45, 2.75) is 55.4 Å². The molecule has 2 aromatic rings. The molecule has 1 saturated carbocycles. The molecule has 32 heavy (non-hydrogen) atoms. The monoisotopic (exact) mass is 461 g/mol. The molecule has 2 fully saturated rings. The lowest BCUT2D eigenvalue weighted by Crippen LogP contribution is -2.57. The number of pyridine rings is 1. The highest BCUT2D eigenvalue weighted by Crippen LogP contribution is 2.44. The molecule has 5 rings (SSSR count). The number of carbonyl (C=O) groups excluding carboxylic acids is 2. The molecule has 2 aliphatic heterocycles. The Morgan fingerprint density at radius 2 is 2.06 bits per heavy atom. The van der Waals surface area contributed by atoms with Gasteiger partial charge in [-0.3, -0.25) is 14.4 Å². The fourth-order valence-electron chi connectivity index (χ4n) is 4.85. The topological polar surface area (TPSA) is 91.6 Å². The molecule has 1 aromatic heterocycles. The summed E-state index contributed by atoms with van der Waals surface area (Å²) in [5, 5.41) is 13.3. The number of carbonyl (C=O) groups is 2. The molecule has 1 saturated heterocycles. The van der Waals surface area contributed by atoms with E-state index < -0.39 is 34.6 Å². The van der Waals surface area contributed by atoms with E-state index in [0.29, 0.717) is 17.9 Å². The van der Waals surface area contributed by atoms with Crippen LogP contribution in [0.5, 0.6) is 5.75 Å². The van der Waals surface area contributed by atoms with Crippen LogP contribution in [0.15, 0.2) is 29.2 Å². The number of amides is 2. The lowest BCUT2D eigenvalue weighted by atomic mass is 9.92. The molecule has 1 aliphatic carbocycles. The Kier molecular flexibility index (Phi) is 5.19. The Hall–Kier alpha value is -2.88. The van der Waals surface area contributed by atoms with Crippen LogP contribution >= 0.6 is 11.8 Å². The number of aromatic nitrogens is 1. The van der Waals surface area contributed by atoms with Crippen molar-refractivity contribution >= 4 is 23.6 Å². The maximum Gasteiger partial charge on any atom is 0.275 e. The molecule has 10 heteroatoms. The summed E-state index contributed by atoms with van der Waals surface area (Å²) in [6.07, 6.45) is 5.26. The van der Waals surface area contributed by atoms with Gasteiger partial charge in [-0.1, -0.05) is 12.5 Å². The summed E-state index contributed by atoms with van der Waals surface area (Å²) in [6, 6.07) is 3.07. The lowest BCUT2D eigenvalue weighted by molar-refractivity contribution is 0.0496. The Bertz CT molecular complexity index is 1180. The maximum absolute atomic E-state index is 13.8. The number of hydrogen-bond donors (Lipinski definition) is 2. The average molecular weight is 461 g/mol. The van der Waals surface area contributed by atoms with E-state index in [4.69, 9.17) is 0 Å². The second-order valence-electron chi connectivity index (χ2n) is 8.39. The van der Waals surface area contributed by atoms with Crippen LogP contribution in [0, 0.1) is 11.6 Å². The van der Waals surface area contributed by atoms with E-state index in [1.807, 2.05) is 0 Å². The minimum atomic E-state index is -0.952. The standard InChI is InChI=1S/C22H21F2N3O4S/c23-12-5-4-11(16(24)6-12)8-25-21(30)15-9-26-10-17-27(13-2-1-3-14(7-13)32-17)22(31)18(26)20(29)19(15)28/h4-6,9,13-14,17,29H,1-3,7-8,10H2,(H,25,30)/t13-,14+,17?/m1/s1. The zero-order chi connectivity index (χ0) is 22.6. The quantitative estimate of drug-likeness (QED) is 0.733. The first-order chi connectivity index (χ1) is 15.3. The Morgan fingerprint density at radius 3 is 2.84 bits per heavy atom. The van der Waals surface area contributed by atoms with Gasteiger partial charge in [-0.25, -0.2) is 8.78 Å². The van der Waals surface area contributed by atoms with Crippen LogP contribution in [-0.2, 0) is 13.1 Å². The van der Waals surface area contributed by atoms with Gasteiger partial charge < -0.3 is 19.9 Å². The molecular formula is C22H21F2N3O4S. The number of hydrogen-bond acceptors (Lipinski definition) is 5. The fraction of sp³-hybridized carbons (Fsp3) is 0.409. The second kappa shape index (κ2) is 7.91. The van der Waals surface area contributed by atoms with Crippen molar-refractivity contribution < 1.29 is 23.5 Å². The third kappa shape index (κ3) is 3.46. The fourth-order valence-corrected chi connectivity index (χ4v) is 6.58. The van der Waals surface area contributed by atoms with Gasteiger partial charge in [-0.2, -0.15) is 0 Å². The van der Waals surface area contributed by atoms with Crippen LogP contribution < -0.4 is 10.7 Å². The molecule has 168 valence electrons. The minimum absolute atomic E-state index is 0.0537. The summed E-state index contributed by atoms with van der Waals surface area (Å²) in [7, 11) is 0. The minimum Gasteiger partial charge on any atom is -0.503 e. The SMILES string of the molecule is O=C(NCc1ccc(F)cc1F)c1cn2c(c(O)c1=O)C(=O)N1C(C2)S[C@H]2CCC[C@@H]1C2. The Morgan fingerprint density at radius 1 is 1.25 bits per heavy atom. The molecule has 2 bridgehead atoms. The van der Waals surface area contributed by atoms with Crippen LogP contribution in [0.25, 0.3) is 0 Å². The molecular weight excluding hydrogens is 440 g/mol. The number of benzene rings is 1. The summed E-state index contributed by atoms with van der Waals surface area (Å²) in [5.74, 6) is -3.52. The molecule has 3 heterocycles. The molecule has 3 atom stereocenters. The molecule has 2 amide bonds. The highest BCUT2D eigenvalue weighted by molar-refractivity contribution is 8.00. The van der Waals surface area contributed by atoms with E-state index in [-0.39, 0.29) is 34.8 Å². The van der Waals surface area contributed by atoms with Crippen molar-refractivity contribution in [1.82, 2.24) is 14.8 Å². The van der Waals surface area contributed by atoms with Gasteiger partial charge in [-0.15, -0.1) is 11.8 Å². The summed E-state index contributed by atoms with van der Waals surface area (Å²) in [5.41, 5.74) is -1.34. The van der Waals surface area contributed by atoms with Crippen LogP contribution in [0.1, 0.15) is 52.1 Å². The van der Waals surface area contributed by atoms with Gasteiger partial charge in [0.25, 0.3) is 11.8 Å². The van der Waals surface area contributed by atoms with E-state index in [9.17, 15) is 28.3 Å². The van der Waals surface area contributed by atoms with Gasteiger partial charge in [-0.05, 0) is 25.3 Å². The van der Waals surface area contributed by atoms with Gasteiger partial charge in [0.2, 0.25) is 5.43 Å². The predicted molar refractivity (Wildman–Crippen MR) is 113 cm³/mol. The zero-order valence-corrected chi connectivity index (χ0v) is 17.8. The first-order valence-corrected chi connectivity index (χ1v) is 11.4. The zero-order valence-electron chi connectivity index (χ0n) is 17.0. The molecule has 1 unspecified atom stereocenters. The summed E-state index contributed by atoms with van der Waals surface area (Å²) in [4.78, 5) is 40.3. The molecule has 1 aromatic carbocycles. The van der Waals surface area contributed by atoms with Crippen LogP contribution in [0.3, 0.4) is 0 Å². The number of thioether (sulfide) groups is 1. The van der Waals surface area contributed by atoms with Gasteiger partial charge >= 0.3 is 0 Å². The van der Waals surface area contributed by atoms with E-state index in [1.54, 1.807) is 16.7 Å². The van der Waals surface area contributed by atoms with Crippen molar-refractivity contribution in [3.8, 4) is 5.75 Å². The first kappa shape index (κ1) is 21.0.